The Morgan fingerprint density at radius 3 is 2.41 bits per heavy atom. The highest BCUT2D eigenvalue weighted by Crippen LogP contribution is 2.37. The second-order valence-electron chi connectivity index (χ2n) is 3.17. The van der Waals surface area contributed by atoms with Gasteiger partial charge in [-0.1, -0.05) is 0 Å². The fraction of sp³-hybridized carbons (Fsp3) is 0.400. The van der Waals surface area contributed by atoms with Crippen molar-refractivity contribution < 1.29 is 22.7 Å². The van der Waals surface area contributed by atoms with Crippen LogP contribution in [-0.2, 0) is 17.6 Å². The minimum absolute atomic E-state index is 0.0477. The number of ether oxygens (including phenoxy) is 1. The van der Waals surface area contributed by atoms with Crippen molar-refractivity contribution in [2.24, 2.45) is 0 Å². The molecule has 0 spiro atoms. The van der Waals surface area contributed by atoms with Gasteiger partial charge in [-0.2, -0.15) is 18.7 Å². The predicted octanol–water partition coefficient (Wildman–Crippen LogP) is 3.13. The lowest BCUT2D eigenvalue weighted by Gasteiger charge is -2.15. The van der Waals surface area contributed by atoms with Crippen LogP contribution in [0, 0.1) is 0 Å². The largest absolute Gasteiger partial charge is 0.496 e. The molecule has 0 heterocycles. The number of hydrogen-bond acceptors (Lipinski definition) is 3. The van der Waals surface area contributed by atoms with Gasteiger partial charge in [-0.25, -0.2) is 0 Å². The summed E-state index contributed by atoms with van der Waals surface area (Å²) in [6.07, 6.45) is -4.43. The Morgan fingerprint density at radius 2 is 1.94 bits per heavy atom. The molecular weight excluding hydrogens is 303 g/mol. The molecule has 0 bridgehead atoms. The van der Waals surface area contributed by atoms with Crippen molar-refractivity contribution in [3.63, 3.8) is 0 Å². The minimum atomic E-state index is -4.43. The van der Waals surface area contributed by atoms with Gasteiger partial charge in [-0.15, -0.1) is 0 Å². The molecule has 0 saturated carbocycles. The monoisotopic (exact) mass is 313 g/mol. The van der Waals surface area contributed by atoms with Gasteiger partial charge in [0, 0.05) is 6.54 Å². The zero-order chi connectivity index (χ0) is 13.1. The summed E-state index contributed by atoms with van der Waals surface area (Å²) >= 11 is 3.14. The summed E-state index contributed by atoms with van der Waals surface area (Å²) in [5, 5.41) is 0. The Morgan fingerprint density at radius 1 is 1.29 bits per heavy atom. The summed E-state index contributed by atoms with van der Waals surface area (Å²) in [4.78, 5) is 4.55. The van der Waals surface area contributed by atoms with Gasteiger partial charge < -0.3 is 9.57 Å². The number of halogens is 4. The summed E-state index contributed by atoms with van der Waals surface area (Å²) in [5.74, 6) is 0.137. The van der Waals surface area contributed by atoms with E-state index in [0.717, 1.165) is 6.07 Å². The summed E-state index contributed by atoms with van der Waals surface area (Å²) in [5.41, 5.74) is 1.71. The minimum Gasteiger partial charge on any atom is -0.496 e. The molecule has 0 aromatic heterocycles. The third kappa shape index (κ3) is 3.58. The van der Waals surface area contributed by atoms with Gasteiger partial charge in [0.05, 0.1) is 24.3 Å². The van der Waals surface area contributed by atoms with Crippen molar-refractivity contribution in [3.05, 3.63) is 27.7 Å². The lowest BCUT2D eigenvalue weighted by Crippen LogP contribution is -2.16. The van der Waals surface area contributed by atoms with Gasteiger partial charge in [0.25, 0.3) is 0 Å². The topological polar surface area (TPSA) is 30.5 Å². The summed E-state index contributed by atoms with van der Waals surface area (Å²) in [7, 11) is 2.65. The van der Waals surface area contributed by atoms with Gasteiger partial charge in [0.2, 0.25) is 0 Å². The third-order valence-corrected chi connectivity index (χ3v) is 2.71. The lowest BCUT2D eigenvalue weighted by molar-refractivity contribution is -0.138. The van der Waals surface area contributed by atoms with Crippen LogP contribution in [0.4, 0.5) is 13.2 Å². The first-order valence-corrected chi connectivity index (χ1v) is 5.39. The van der Waals surface area contributed by atoms with Crippen molar-refractivity contribution in [1.82, 2.24) is 5.48 Å². The van der Waals surface area contributed by atoms with E-state index in [0.29, 0.717) is 4.47 Å². The first-order chi connectivity index (χ1) is 7.90. The average Bonchev–Trinajstić information content (AvgIpc) is 2.24. The number of rotatable bonds is 4. The molecule has 1 aromatic rings. The number of alkyl halides is 3. The van der Waals surface area contributed by atoms with Crippen LogP contribution in [0.1, 0.15) is 11.1 Å². The highest BCUT2D eigenvalue weighted by Gasteiger charge is 2.34. The quantitative estimate of drug-likeness (QED) is 0.866. The Bertz CT molecular complexity index is 396. The third-order valence-electron chi connectivity index (χ3n) is 2.09. The molecule has 1 aromatic carbocycles. The molecule has 1 N–H and O–H groups in total. The summed E-state index contributed by atoms with van der Waals surface area (Å²) in [6, 6.07) is 2.31. The molecule has 0 fully saturated rings. The van der Waals surface area contributed by atoms with Crippen LogP contribution in [0.25, 0.3) is 0 Å². The fourth-order valence-corrected chi connectivity index (χ4v) is 1.86. The highest BCUT2D eigenvalue weighted by atomic mass is 79.9. The summed E-state index contributed by atoms with van der Waals surface area (Å²) < 4.78 is 43.7. The molecule has 0 atom stereocenters. The normalized spacial score (nSPS) is 11.6. The van der Waals surface area contributed by atoms with E-state index in [4.69, 9.17) is 4.74 Å². The smallest absolute Gasteiger partial charge is 0.416 e. The van der Waals surface area contributed by atoms with Crippen LogP contribution in [-0.4, -0.2) is 14.2 Å². The van der Waals surface area contributed by atoms with Crippen molar-refractivity contribution in [1.29, 1.82) is 0 Å². The van der Waals surface area contributed by atoms with E-state index < -0.39 is 11.7 Å². The second kappa shape index (κ2) is 5.70. The maximum absolute atomic E-state index is 12.8. The van der Waals surface area contributed by atoms with Crippen LogP contribution in [0.3, 0.4) is 0 Å². The molecule has 0 amide bonds. The molecule has 0 radical (unpaired) electrons. The molecule has 7 heteroatoms. The van der Waals surface area contributed by atoms with E-state index >= 15 is 0 Å². The Hall–Kier alpha value is -0.790. The van der Waals surface area contributed by atoms with Gasteiger partial charge in [-0.05, 0) is 33.6 Å². The molecule has 0 saturated heterocycles. The molecular formula is C10H11BrF3NO2. The van der Waals surface area contributed by atoms with E-state index in [1.54, 1.807) is 0 Å². The van der Waals surface area contributed by atoms with Crippen LogP contribution in [0.15, 0.2) is 16.6 Å². The van der Waals surface area contributed by atoms with Gasteiger partial charge in [0.1, 0.15) is 5.75 Å². The maximum atomic E-state index is 12.8. The highest BCUT2D eigenvalue weighted by molar-refractivity contribution is 9.10. The molecule has 1 rings (SSSR count). The van der Waals surface area contributed by atoms with Gasteiger partial charge >= 0.3 is 6.18 Å². The van der Waals surface area contributed by atoms with Crippen LogP contribution >= 0.6 is 15.9 Å². The number of methoxy groups -OCH3 is 1. The van der Waals surface area contributed by atoms with Crippen molar-refractivity contribution in [3.8, 4) is 5.75 Å². The standard InChI is InChI=1S/C10H11BrF3NO2/c1-16-9-4-7(10(12,13)14)6(3-8(9)11)5-15-17-2/h3-4,15H,5H2,1-2H3. The van der Waals surface area contributed by atoms with Crippen molar-refractivity contribution >= 4 is 15.9 Å². The Balaban J connectivity index is 3.21. The van der Waals surface area contributed by atoms with E-state index in [-0.39, 0.29) is 17.9 Å². The van der Waals surface area contributed by atoms with E-state index in [9.17, 15) is 13.2 Å². The summed E-state index contributed by atoms with van der Waals surface area (Å²) in [6.45, 7) is -0.0477. The molecule has 0 aliphatic carbocycles. The van der Waals surface area contributed by atoms with E-state index in [2.05, 4.69) is 26.2 Å². The second-order valence-corrected chi connectivity index (χ2v) is 4.02. The Kier molecular flexibility index (Phi) is 4.79. The van der Waals surface area contributed by atoms with Crippen LogP contribution in [0.2, 0.25) is 0 Å². The zero-order valence-electron chi connectivity index (χ0n) is 9.19. The maximum Gasteiger partial charge on any atom is 0.416 e. The first kappa shape index (κ1) is 14.3. The van der Waals surface area contributed by atoms with Gasteiger partial charge in [-0.3, -0.25) is 0 Å². The number of benzene rings is 1. The molecule has 17 heavy (non-hydrogen) atoms. The molecule has 0 aliphatic rings. The van der Waals surface area contributed by atoms with Crippen molar-refractivity contribution in [2.75, 3.05) is 14.2 Å². The number of hydroxylamine groups is 1. The van der Waals surface area contributed by atoms with Crippen LogP contribution < -0.4 is 10.2 Å². The molecule has 3 nitrogen and oxygen atoms in total. The average molecular weight is 314 g/mol. The SMILES string of the molecule is CONCc1cc(Br)c(OC)cc1C(F)(F)F. The van der Waals surface area contributed by atoms with E-state index in [1.807, 2.05) is 0 Å². The van der Waals surface area contributed by atoms with E-state index in [1.165, 1.54) is 20.3 Å². The molecule has 96 valence electrons. The predicted molar refractivity (Wildman–Crippen MR) is 59.5 cm³/mol. The van der Waals surface area contributed by atoms with Crippen molar-refractivity contribution in [2.45, 2.75) is 12.7 Å². The zero-order valence-corrected chi connectivity index (χ0v) is 10.8. The fourth-order valence-electron chi connectivity index (χ4n) is 1.31. The first-order valence-electron chi connectivity index (χ1n) is 4.59. The molecule has 0 aliphatic heterocycles. The van der Waals surface area contributed by atoms with Crippen LogP contribution in [0.5, 0.6) is 5.75 Å². The number of hydrogen-bond donors (Lipinski definition) is 1. The number of nitrogens with one attached hydrogen (secondary N) is 1. The Labute approximate surface area is 105 Å². The van der Waals surface area contributed by atoms with Gasteiger partial charge in [0.15, 0.2) is 0 Å². The molecule has 0 unspecified atom stereocenters. The lowest BCUT2D eigenvalue weighted by atomic mass is 10.1.